The van der Waals surface area contributed by atoms with Crippen molar-refractivity contribution in [1.29, 1.82) is 5.26 Å². The number of nitrogens with one attached hydrogen (secondary N) is 1. The number of H-pyrrole nitrogens is 1. The topological polar surface area (TPSA) is 72.8 Å². The lowest BCUT2D eigenvalue weighted by Gasteiger charge is -2.31. The van der Waals surface area contributed by atoms with Gasteiger partial charge in [0.25, 0.3) is 0 Å². The summed E-state index contributed by atoms with van der Waals surface area (Å²) in [6, 6.07) is 5.96. The van der Waals surface area contributed by atoms with Gasteiger partial charge in [-0.1, -0.05) is 13.0 Å². The van der Waals surface area contributed by atoms with Gasteiger partial charge in [0.1, 0.15) is 12.1 Å². The number of aromatic nitrogens is 2. The summed E-state index contributed by atoms with van der Waals surface area (Å²) in [6.45, 7) is 3.32. The van der Waals surface area contributed by atoms with E-state index in [0.717, 1.165) is 11.0 Å². The Morgan fingerprint density at radius 1 is 1.57 bits per heavy atom. The molecule has 1 unspecified atom stereocenters. The molecule has 106 valence electrons. The minimum Gasteiger partial charge on any atom is -0.346 e. The van der Waals surface area contributed by atoms with Crippen LogP contribution in [0.4, 0.5) is 0 Å². The first-order valence-electron chi connectivity index (χ1n) is 6.98. The second kappa shape index (κ2) is 5.41. The highest BCUT2D eigenvalue weighted by molar-refractivity contribution is 5.91. The first-order chi connectivity index (χ1) is 10.2. The van der Waals surface area contributed by atoms with Crippen LogP contribution in [-0.4, -0.2) is 33.9 Å². The quantitative estimate of drug-likeness (QED) is 0.917. The van der Waals surface area contributed by atoms with Gasteiger partial charge in [-0.15, -0.1) is 0 Å². The smallest absolute Gasteiger partial charge is 0.237 e. The standard InChI is InChI=1S/C16H16N4O/c1-11-10-20(15(21)2-6-17)9-5-12(11)13-3-7-18-16-14(13)4-8-19-16/h3-5,7-8,11H,2,9-10H2,1H3,(H,18,19). The van der Waals surface area contributed by atoms with E-state index in [1.807, 2.05) is 24.4 Å². The summed E-state index contributed by atoms with van der Waals surface area (Å²) in [4.78, 5) is 21.0. The molecule has 1 atom stereocenters. The van der Waals surface area contributed by atoms with Gasteiger partial charge in [-0.2, -0.15) is 5.26 Å². The van der Waals surface area contributed by atoms with Gasteiger partial charge in [0.2, 0.25) is 5.91 Å². The number of rotatable bonds is 2. The molecule has 3 rings (SSSR count). The second-order valence-corrected chi connectivity index (χ2v) is 5.29. The summed E-state index contributed by atoms with van der Waals surface area (Å²) in [5.74, 6) is 0.142. The van der Waals surface area contributed by atoms with Crippen LogP contribution in [0, 0.1) is 17.2 Å². The molecule has 0 bridgehead atoms. The van der Waals surface area contributed by atoms with Crippen molar-refractivity contribution >= 4 is 22.5 Å². The molecule has 5 nitrogen and oxygen atoms in total. The average molecular weight is 280 g/mol. The molecular formula is C16H16N4O. The van der Waals surface area contributed by atoms with Crippen LogP contribution in [0.15, 0.2) is 30.6 Å². The lowest BCUT2D eigenvalue weighted by Crippen LogP contribution is -2.37. The van der Waals surface area contributed by atoms with Crippen LogP contribution in [0.1, 0.15) is 18.9 Å². The SMILES string of the molecule is CC1CN(C(=O)CC#N)CC=C1c1ccnc2[nH]ccc12. The van der Waals surface area contributed by atoms with Gasteiger partial charge in [0, 0.05) is 30.9 Å². The third-order valence-electron chi connectivity index (χ3n) is 3.91. The van der Waals surface area contributed by atoms with Gasteiger partial charge in [0.05, 0.1) is 6.07 Å². The third kappa shape index (κ3) is 2.40. The molecule has 0 spiro atoms. The first kappa shape index (κ1) is 13.4. The van der Waals surface area contributed by atoms with Crippen molar-refractivity contribution in [2.75, 3.05) is 13.1 Å². The number of carbonyl (C=O) groups excluding carboxylic acids is 1. The molecule has 3 heterocycles. The number of hydrogen-bond acceptors (Lipinski definition) is 3. The maximum atomic E-state index is 11.8. The molecule has 0 radical (unpaired) electrons. The molecule has 5 heteroatoms. The largest absolute Gasteiger partial charge is 0.346 e. The number of nitriles is 1. The molecule has 0 aromatic carbocycles. The number of nitrogens with zero attached hydrogens (tertiary/aromatic N) is 3. The van der Waals surface area contributed by atoms with Crippen LogP contribution in [0.3, 0.4) is 0 Å². The highest BCUT2D eigenvalue weighted by Crippen LogP contribution is 2.31. The van der Waals surface area contributed by atoms with Crippen molar-refractivity contribution in [3.63, 3.8) is 0 Å². The molecule has 0 fully saturated rings. The summed E-state index contributed by atoms with van der Waals surface area (Å²) in [5.41, 5.74) is 3.28. The number of hydrogen-bond donors (Lipinski definition) is 1. The Morgan fingerprint density at radius 3 is 3.19 bits per heavy atom. The Balaban J connectivity index is 1.92. The molecule has 0 saturated carbocycles. The van der Waals surface area contributed by atoms with E-state index in [9.17, 15) is 4.79 Å². The fourth-order valence-corrected chi connectivity index (χ4v) is 2.88. The predicted molar refractivity (Wildman–Crippen MR) is 80.0 cm³/mol. The molecule has 0 saturated heterocycles. The normalized spacial score (nSPS) is 18.4. The number of carbonyl (C=O) groups is 1. The maximum absolute atomic E-state index is 11.8. The zero-order chi connectivity index (χ0) is 14.8. The zero-order valence-electron chi connectivity index (χ0n) is 11.8. The molecule has 0 aliphatic carbocycles. The summed E-state index contributed by atoms with van der Waals surface area (Å²) < 4.78 is 0. The van der Waals surface area contributed by atoms with Crippen molar-refractivity contribution in [2.24, 2.45) is 5.92 Å². The Kier molecular flexibility index (Phi) is 3.44. The lowest BCUT2D eigenvalue weighted by molar-refractivity contribution is -0.130. The minimum absolute atomic E-state index is 0.0484. The van der Waals surface area contributed by atoms with Gasteiger partial charge < -0.3 is 9.88 Å². The van der Waals surface area contributed by atoms with Crippen molar-refractivity contribution in [3.05, 3.63) is 36.2 Å². The van der Waals surface area contributed by atoms with Crippen LogP contribution < -0.4 is 0 Å². The van der Waals surface area contributed by atoms with Gasteiger partial charge in [-0.05, 0) is 29.2 Å². The molecule has 2 aromatic rings. The van der Waals surface area contributed by atoms with Crippen LogP contribution in [0.25, 0.3) is 16.6 Å². The summed E-state index contributed by atoms with van der Waals surface area (Å²) in [6.07, 6.45) is 5.73. The van der Waals surface area contributed by atoms with Crippen molar-refractivity contribution in [2.45, 2.75) is 13.3 Å². The maximum Gasteiger partial charge on any atom is 0.237 e. The van der Waals surface area contributed by atoms with E-state index in [1.165, 1.54) is 11.1 Å². The molecule has 1 aliphatic rings. The van der Waals surface area contributed by atoms with Crippen LogP contribution in [0.5, 0.6) is 0 Å². The van der Waals surface area contributed by atoms with E-state index < -0.39 is 0 Å². The number of aromatic amines is 1. The van der Waals surface area contributed by atoms with Gasteiger partial charge >= 0.3 is 0 Å². The van der Waals surface area contributed by atoms with Crippen molar-refractivity contribution in [1.82, 2.24) is 14.9 Å². The fraction of sp³-hybridized carbons (Fsp3) is 0.312. The summed E-state index contributed by atoms with van der Waals surface area (Å²) in [5, 5.41) is 9.74. The van der Waals surface area contributed by atoms with E-state index in [4.69, 9.17) is 5.26 Å². The first-order valence-corrected chi connectivity index (χ1v) is 6.98. The Bertz CT molecular complexity index is 753. The van der Waals surface area contributed by atoms with Crippen LogP contribution in [0.2, 0.25) is 0 Å². The predicted octanol–water partition coefficient (Wildman–Crippen LogP) is 2.34. The van der Waals surface area contributed by atoms with E-state index >= 15 is 0 Å². The molecule has 21 heavy (non-hydrogen) atoms. The zero-order valence-corrected chi connectivity index (χ0v) is 11.8. The van der Waals surface area contributed by atoms with Crippen LogP contribution in [-0.2, 0) is 4.79 Å². The highest BCUT2D eigenvalue weighted by atomic mass is 16.2. The van der Waals surface area contributed by atoms with Crippen LogP contribution >= 0.6 is 0 Å². The highest BCUT2D eigenvalue weighted by Gasteiger charge is 2.24. The Hall–Kier alpha value is -2.61. The molecule has 1 amide bonds. The van der Waals surface area contributed by atoms with E-state index in [0.29, 0.717) is 13.1 Å². The average Bonchev–Trinajstić information content (AvgIpc) is 2.96. The third-order valence-corrected chi connectivity index (χ3v) is 3.91. The summed E-state index contributed by atoms with van der Waals surface area (Å²) in [7, 11) is 0. The second-order valence-electron chi connectivity index (χ2n) is 5.29. The van der Waals surface area contributed by atoms with E-state index in [1.54, 1.807) is 11.1 Å². The minimum atomic E-state index is -0.0961. The lowest BCUT2D eigenvalue weighted by atomic mass is 9.89. The van der Waals surface area contributed by atoms with Gasteiger partial charge in [0.15, 0.2) is 0 Å². The van der Waals surface area contributed by atoms with Crippen molar-refractivity contribution in [3.8, 4) is 6.07 Å². The molecule has 2 aromatic heterocycles. The molecule has 1 aliphatic heterocycles. The Morgan fingerprint density at radius 2 is 2.43 bits per heavy atom. The number of amides is 1. The summed E-state index contributed by atoms with van der Waals surface area (Å²) >= 11 is 0. The van der Waals surface area contributed by atoms with Gasteiger partial charge in [-0.25, -0.2) is 4.98 Å². The number of pyridine rings is 1. The number of fused-ring (bicyclic) bond motifs is 1. The van der Waals surface area contributed by atoms with Crippen molar-refractivity contribution < 1.29 is 4.79 Å². The molecule has 1 N–H and O–H groups in total. The Labute approximate surface area is 122 Å². The fourth-order valence-electron chi connectivity index (χ4n) is 2.88. The van der Waals surface area contributed by atoms with E-state index in [-0.39, 0.29) is 18.2 Å². The van der Waals surface area contributed by atoms with E-state index in [2.05, 4.69) is 23.0 Å². The monoisotopic (exact) mass is 280 g/mol. The molecular weight excluding hydrogens is 264 g/mol. The van der Waals surface area contributed by atoms with Gasteiger partial charge in [-0.3, -0.25) is 4.79 Å².